The Morgan fingerprint density at radius 1 is 0.955 bits per heavy atom. The van der Waals surface area contributed by atoms with E-state index in [4.69, 9.17) is 0 Å². The van der Waals surface area contributed by atoms with E-state index >= 15 is 0 Å². The average molecular weight is 318 g/mol. The minimum absolute atomic E-state index is 0.212. The molecule has 2 aromatic carbocycles. The van der Waals surface area contributed by atoms with Crippen LogP contribution in [0.15, 0.2) is 47.4 Å². The molecule has 0 unspecified atom stereocenters. The summed E-state index contributed by atoms with van der Waals surface area (Å²) in [5.74, 6) is 0. The first-order chi connectivity index (χ1) is 10.3. The summed E-state index contributed by atoms with van der Waals surface area (Å²) in [6, 6.07) is 12.6. The van der Waals surface area contributed by atoms with Gasteiger partial charge in [0.05, 0.1) is 16.3 Å². The lowest BCUT2D eigenvalue weighted by atomic mass is 10.1. The minimum Gasteiger partial charge on any atom is -0.381 e. The van der Waals surface area contributed by atoms with Gasteiger partial charge in [-0.15, -0.1) is 0 Å². The topological polar surface area (TPSA) is 58.2 Å². The van der Waals surface area contributed by atoms with E-state index in [0.717, 1.165) is 16.8 Å². The molecule has 2 N–H and O–H groups in total. The molecule has 0 saturated heterocycles. The van der Waals surface area contributed by atoms with Crippen molar-refractivity contribution in [2.24, 2.45) is 0 Å². The number of anilines is 2. The molecule has 5 heteroatoms. The highest BCUT2D eigenvalue weighted by Crippen LogP contribution is 2.28. The maximum Gasteiger partial charge on any atom is 0.261 e. The summed E-state index contributed by atoms with van der Waals surface area (Å²) < 4.78 is 27.7. The van der Waals surface area contributed by atoms with Crippen molar-refractivity contribution in [3.05, 3.63) is 53.6 Å². The molecule has 0 spiro atoms. The standard InChI is InChI=1S/C17H22N2O2S/c1-12(2)18-17-14(4)6-5-7-16(17)19-22(20,21)15-10-8-13(3)9-11-15/h5-12,18-19H,1-4H3. The van der Waals surface area contributed by atoms with Gasteiger partial charge < -0.3 is 5.32 Å². The number of aryl methyl sites for hydroxylation is 2. The smallest absolute Gasteiger partial charge is 0.261 e. The summed E-state index contributed by atoms with van der Waals surface area (Å²) in [6.45, 7) is 7.92. The molecule has 0 fully saturated rings. The van der Waals surface area contributed by atoms with Gasteiger partial charge in [-0.3, -0.25) is 4.72 Å². The van der Waals surface area contributed by atoms with Gasteiger partial charge in [-0.25, -0.2) is 8.42 Å². The van der Waals surface area contributed by atoms with Crippen LogP contribution in [0.2, 0.25) is 0 Å². The molecule has 0 saturated carbocycles. The maximum absolute atomic E-state index is 12.5. The summed E-state index contributed by atoms with van der Waals surface area (Å²) in [6.07, 6.45) is 0. The Morgan fingerprint density at radius 2 is 1.59 bits per heavy atom. The van der Waals surface area contributed by atoms with Crippen molar-refractivity contribution >= 4 is 21.4 Å². The van der Waals surface area contributed by atoms with Gasteiger partial charge in [0, 0.05) is 6.04 Å². The Labute approximate surface area is 132 Å². The molecule has 0 heterocycles. The first-order valence-corrected chi connectivity index (χ1v) is 8.73. The van der Waals surface area contributed by atoms with Crippen LogP contribution in [0.4, 0.5) is 11.4 Å². The average Bonchev–Trinajstić information content (AvgIpc) is 2.42. The number of para-hydroxylation sites is 1. The third kappa shape index (κ3) is 3.80. The molecule has 0 aromatic heterocycles. The number of rotatable bonds is 5. The van der Waals surface area contributed by atoms with Crippen LogP contribution in [0.5, 0.6) is 0 Å². The molecular weight excluding hydrogens is 296 g/mol. The second-order valence-electron chi connectivity index (χ2n) is 5.72. The fraction of sp³-hybridized carbons (Fsp3) is 0.294. The third-order valence-corrected chi connectivity index (χ3v) is 4.66. The van der Waals surface area contributed by atoms with Crippen LogP contribution in [0.1, 0.15) is 25.0 Å². The lowest BCUT2D eigenvalue weighted by Gasteiger charge is -2.18. The normalized spacial score (nSPS) is 11.5. The monoisotopic (exact) mass is 318 g/mol. The van der Waals surface area contributed by atoms with Crippen molar-refractivity contribution in [1.82, 2.24) is 0 Å². The van der Waals surface area contributed by atoms with E-state index in [1.54, 1.807) is 30.3 Å². The van der Waals surface area contributed by atoms with Crippen molar-refractivity contribution in [2.45, 2.75) is 38.6 Å². The van der Waals surface area contributed by atoms with Crippen LogP contribution < -0.4 is 10.0 Å². The van der Waals surface area contributed by atoms with E-state index in [9.17, 15) is 8.42 Å². The van der Waals surface area contributed by atoms with E-state index < -0.39 is 10.0 Å². The van der Waals surface area contributed by atoms with E-state index in [1.807, 2.05) is 39.8 Å². The van der Waals surface area contributed by atoms with Crippen molar-refractivity contribution in [3.63, 3.8) is 0 Å². The zero-order valence-corrected chi connectivity index (χ0v) is 14.2. The third-order valence-electron chi connectivity index (χ3n) is 3.28. The van der Waals surface area contributed by atoms with Gasteiger partial charge in [0.15, 0.2) is 0 Å². The van der Waals surface area contributed by atoms with Gasteiger partial charge in [0.25, 0.3) is 10.0 Å². The van der Waals surface area contributed by atoms with Gasteiger partial charge in [-0.2, -0.15) is 0 Å². The molecular formula is C17H22N2O2S. The van der Waals surface area contributed by atoms with Crippen LogP contribution in [-0.4, -0.2) is 14.5 Å². The molecule has 118 valence electrons. The number of hydrogen-bond donors (Lipinski definition) is 2. The molecule has 0 amide bonds. The summed E-state index contributed by atoms with van der Waals surface area (Å²) in [7, 11) is -3.60. The SMILES string of the molecule is Cc1ccc(S(=O)(=O)Nc2cccc(C)c2NC(C)C)cc1. The Hall–Kier alpha value is -2.01. The highest BCUT2D eigenvalue weighted by molar-refractivity contribution is 7.92. The number of benzene rings is 2. The van der Waals surface area contributed by atoms with Crippen LogP contribution >= 0.6 is 0 Å². The van der Waals surface area contributed by atoms with E-state index in [1.165, 1.54) is 0 Å². The Morgan fingerprint density at radius 3 is 2.18 bits per heavy atom. The second-order valence-corrected chi connectivity index (χ2v) is 7.40. The van der Waals surface area contributed by atoms with Crippen LogP contribution in [0.25, 0.3) is 0 Å². The molecule has 0 bridgehead atoms. The molecule has 2 rings (SSSR count). The predicted octanol–water partition coefficient (Wildman–Crippen LogP) is 3.92. The molecule has 22 heavy (non-hydrogen) atoms. The lowest BCUT2D eigenvalue weighted by Crippen LogP contribution is -2.17. The molecule has 0 radical (unpaired) electrons. The van der Waals surface area contributed by atoms with Gasteiger partial charge in [0.2, 0.25) is 0 Å². The zero-order chi connectivity index (χ0) is 16.3. The summed E-state index contributed by atoms with van der Waals surface area (Å²) in [4.78, 5) is 0.259. The lowest BCUT2D eigenvalue weighted by molar-refractivity contribution is 0.601. The summed E-state index contributed by atoms with van der Waals surface area (Å²) in [5.41, 5.74) is 3.40. The fourth-order valence-corrected chi connectivity index (χ4v) is 3.23. The molecule has 0 aliphatic heterocycles. The Bertz CT molecular complexity index is 751. The molecule has 0 aliphatic carbocycles. The van der Waals surface area contributed by atoms with E-state index in [2.05, 4.69) is 10.0 Å². The van der Waals surface area contributed by atoms with Crippen LogP contribution in [0.3, 0.4) is 0 Å². The maximum atomic E-state index is 12.5. The quantitative estimate of drug-likeness (QED) is 0.878. The van der Waals surface area contributed by atoms with Gasteiger partial charge in [-0.05, 0) is 51.5 Å². The van der Waals surface area contributed by atoms with Crippen molar-refractivity contribution < 1.29 is 8.42 Å². The van der Waals surface area contributed by atoms with Crippen molar-refractivity contribution in [2.75, 3.05) is 10.0 Å². The predicted molar refractivity (Wildman–Crippen MR) is 91.9 cm³/mol. The van der Waals surface area contributed by atoms with E-state index in [0.29, 0.717) is 5.69 Å². The van der Waals surface area contributed by atoms with E-state index in [-0.39, 0.29) is 10.9 Å². The van der Waals surface area contributed by atoms with Gasteiger partial charge in [0.1, 0.15) is 0 Å². The molecule has 0 atom stereocenters. The van der Waals surface area contributed by atoms with Gasteiger partial charge >= 0.3 is 0 Å². The second kappa shape index (κ2) is 6.40. The fourth-order valence-electron chi connectivity index (χ4n) is 2.15. The molecule has 2 aromatic rings. The van der Waals surface area contributed by atoms with Crippen LogP contribution in [0, 0.1) is 13.8 Å². The molecule has 0 aliphatic rings. The van der Waals surface area contributed by atoms with Crippen LogP contribution in [-0.2, 0) is 10.0 Å². The highest BCUT2D eigenvalue weighted by Gasteiger charge is 2.17. The molecule has 4 nitrogen and oxygen atoms in total. The summed E-state index contributed by atoms with van der Waals surface area (Å²) in [5, 5.41) is 3.30. The minimum atomic E-state index is -3.60. The number of sulfonamides is 1. The first kappa shape index (κ1) is 16.4. The van der Waals surface area contributed by atoms with Gasteiger partial charge in [-0.1, -0.05) is 29.8 Å². The first-order valence-electron chi connectivity index (χ1n) is 7.25. The Balaban J connectivity index is 2.37. The number of nitrogens with one attached hydrogen (secondary N) is 2. The highest BCUT2D eigenvalue weighted by atomic mass is 32.2. The largest absolute Gasteiger partial charge is 0.381 e. The van der Waals surface area contributed by atoms with Crippen molar-refractivity contribution in [3.8, 4) is 0 Å². The number of hydrogen-bond acceptors (Lipinski definition) is 3. The Kier molecular flexibility index (Phi) is 4.76. The zero-order valence-electron chi connectivity index (χ0n) is 13.3. The summed E-state index contributed by atoms with van der Waals surface area (Å²) >= 11 is 0. The van der Waals surface area contributed by atoms with Crippen molar-refractivity contribution in [1.29, 1.82) is 0 Å².